The third-order valence-electron chi connectivity index (χ3n) is 8.55. The molecule has 1 saturated heterocycles. The highest BCUT2D eigenvalue weighted by Crippen LogP contribution is 2.29. The summed E-state index contributed by atoms with van der Waals surface area (Å²) in [5, 5.41) is 4.15. The van der Waals surface area contributed by atoms with Crippen LogP contribution in [0.3, 0.4) is 0 Å². The number of benzene rings is 2. The van der Waals surface area contributed by atoms with E-state index < -0.39 is 5.82 Å². The Labute approximate surface area is 271 Å². The molecule has 0 bridgehead atoms. The van der Waals surface area contributed by atoms with E-state index in [9.17, 15) is 9.18 Å². The number of fused-ring (bicyclic) bond motifs is 3. The van der Waals surface area contributed by atoms with Crippen molar-refractivity contribution in [3.63, 3.8) is 0 Å². The van der Waals surface area contributed by atoms with E-state index in [4.69, 9.17) is 20.2 Å². The number of halogens is 1. The number of piperidine rings is 1. The zero-order chi connectivity index (χ0) is 32.3. The van der Waals surface area contributed by atoms with E-state index in [1.807, 2.05) is 30.0 Å². The van der Waals surface area contributed by atoms with E-state index >= 15 is 0 Å². The van der Waals surface area contributed by atoms with Gasteiger partial charge >= 0.3 is 6.03 Å². The van der Waals surface area contributed by atoms with Crippen molar-refractivity contribution < 1.29 is 18.7 Å². The number of carbonyl (C=O) groups excluding carboxylic acids is 1. The van der Waals surface area contributed by atoms with Gasteiger partial charge in [-0.25, -0.2) is 19.2 Å². The molecule has 0 radical (unpaired) electrons. The largest absolute Gasteiger partial charge is 0.491 e. The second-order valence-electron chi connectivity index (χ2n) is 12.0. The minimum atomic E-state index is -0.394. The van der Waals surface area contributed by atoms with Crippen LogP contribution in [0.4, 0.5) is 15.0 Å². The van der Waals surface area contributed by atoms with Gasteiger partial charge in [0.25, 0.3) is 0 Å². The SMILES string of the molecule is CCCOc1cc(CN(CCCCn2c(CCOC)nc3c(N)nc4ccccc4c32)C(=O)NCCN2CCCCC2)ccc1F. The number of rotatable bonds is 16. The molecule has 10 nitrogen and oxygen atoms in total. The first-order valence-corrected chi connectivity index (χ1v) is 16.7. The van der Waals surface area contributed by atoms with Gasteiger partial charge in [0.05, 0.1) is 24.2 Å². The monoisotopic (exact) mass is 633 g/mol. The number of nitrogen functional groups attached to an aromatic ring is 1. The summed E-state index contributed by atoms with van der Waals surface area (Å²) in [5.41, 5.74) is 9.71. The fourth-order valence-electron chi connectivity index (χ4n) is 6.16. The second-order valence-corrected chi connectivity index (χ2v) is 12.0. The number of para-hydroxylation sites is 1. The van der Waals surface area contributed by atoms with Gasteiger partial charge in [0, 0.05) is 51.6 Å². The number of urea groups is 1. The van der Waals surface area contributed by atoms with Crippen molar-refractivity contribution in [2.24, 2.45) is 0 Å². The van der Waals surface area contributed by atoms with Crippen molar-refractivity contribution in [3.8, 4) is 5.75 Å². The molecular formula is C35H48FN7O3. The number of hydrogen-bond donors (Lipinski definition) is 2. The molecule has 3 heterocycles. The van der Waals surface area contributed by atoms with E-state index in [1.165, 1.54) is 25.3 Å². The minimum Gasteiger partial charge on any atom is -0.491 e. The van der Waals surface area contributed by atoms with Crippen molar-refractivity contribution in [1.29, 1.82) is 0 Å². The molecule has 1 aliphatic rings. The first kappa shape index (κ1) is 33.4. The summed E-state index contributed by atoms with van der Waals surface area (Å²) in [6, 6.07) is 12.7. The molecule has 0 saturated carbocycles. The Morgan fingerprint density at radius 2 is 1.89 bits per heavy atom. The van der Waals surface area contributed by atoms with E-state index in [0.29, 0.717) is 57.1 Å². The lowest BCUT2D eigenvalue weighted by molar-refractivity contribution is 0.187. The van der Waals surface area contributed by atoms with Crippen molar-refractivity contribution >= 4 is 33.8 Å². The zero-order valence-electron chi connectivity index (χ0n) is 27.3. The Bertz CT molecular complexity index is 1590. The highest BCUT2D eigenvalue weighted by molar-refractivity contribution is 6.06. The van der Waals surface area contributed by atoms with Crippen LogP contribution in [0.15, 0.2) is 42.5 Å². The number of aryl methyl sites for hydroxylation is 1. The minimum absolute atomic E-state index is 0.115. The highest BCUT2D eigenvalue weighted by Gasteiger charge is 2.19. The highest BCUT2D eigenvalue weighted by atomic mass is 19.1. The second kappa shape index (κ2) is 16.6. The molecule has 1 fully saturated rings. The summed E-state index contributed by atoms with van der Waals surface area (Å²) < 4.78 is 27.6. The molecule has 0 aliphatic carbocycles. The van der Waals surface area contributed by atoms with E-state index in [1.54, 1.807) is 19.2 Å². The smallest absolute Gasteiger partial charge is 0.317 e. The van der Waals surface area contributed by atoms with Crippen molar-refractivity contribution in [2.75, 3.05) is 58.8 Å². The van der Waals surface area contributed by atoms with Gasteiger partial charge in [0.2, 0.25) is 0 Å². The number of methoxy groups -OCH3 is 1. The van der Waals surface area contributed by atoms with Crippen molar-refractivity contribution in [2.45, 2.75) is 65.0 Å². The van der Waals surface area contributed by atoms with Crippen molar-refractivity contribution in [1.82, 2.24) is 29.7 Å². The molecule has 4 aromatic rings. The number of amides is 2. The maximum Gasteiger partial charge on any atom is 0.317 e. The number of nitrogens with zero attached hydrogens (tertiary/aromatic N) is 5. The van der Waals surface area contributed by atoms with Crippen LogP contribution in [-0.2, 0) is 24.2 Å². The zero-order valence-corrected chi connectivity index (χ0v) is 27.3. The number of carbonyl (C=O) groups is 1. The molecule has 2 amide bonds. The summed E-state index contributed by atoms with van der Waals surface area (Å²) >= 11 is 0. The summed E-state index contributed by atoms with van der Waals surface area (Å²) in [7, 11) is 1.69. The van der Waals surface area contributed by atoms with Crippen LogP contribution in [0.1, 0.15) is 56.8 Å². The van der Waals surface area contributed by atoms with Gasteiger partial charge in [-0.15, -0.1) is 0 Å². The maximum atomic E-state index is 14.4. The van der Waals surface area contributed by atoms with Crippen LogP contribution in [-0.4, -0.2) is 83.4 Å². The molecular weight excluding hydrogens is 585 g/mol. The Hall–Kier alpha value is -3.96. The first-order valence-electron chi connectivity index (χ1n) is 16.7. The molecule has 2 aromatic carbocycles. The van der Waals surface area contributed by atoms with E-state index in [2.05, 4.69) is 25.8 Å². The molecule has 2 aromatic heterocycles. The lowest BCUT2D eigenvalue weighted by atomic mass is 10.1. The number of likely N-dealkylation sites (tertiary alicyclic amines) is 1. The van der Waals surface area contributed by atoms with Gasteiger partial charge in [-0.1, -0.05) is 37.6 Å². The fourth-order valence-corrected chi connectivity index (χ4v) is 6.16. The molecule has 0 unspecified atom stereocenters. The van der Waals surface area contributed by atoms with Crippen LogP contribution >= 0.6 is 0 Å². The predicted octanol–water partition coefficient (Wildman–Crippen LogP) is 5.76. The molecule has 0 atom stereocenters. The molecule has 0 spiro atoms. The summed E-state index contributed by atoms with van der Waals surface area (Å²) in [6.07, 6.45) is 6.72. The number of nitrogens with two attached hydrogens (primary N) is 1. The van der Waals surface area contributed by atoms with Gasteiger partial charge in [-0.2, -0.15) is 0 Å². The number of pyridine rings is 1. The van der Waals surface area contributed by atoms with Crippen LogP contribution in [0, 0.1) is 5.82 Å². The molecule has 11 heteroatoms. The van der Waals surface area contributed by atoms with Crippen LogP contribution in [0.2, 0.25) is 0 Å². The first-order chi connectivity index (χ1) is 22.5. The molecule has 3 N–H and O–H groups in total. The van der Waals surface area contributed by atoms with Crippen molar-refractivity contribution in [3.05, 3.63) is 59.7 Å². The van der Waals surface area contributed by atoms with E-state index in [0.717, 1.165) is 66.7 Å². The van der Waals surface area contributed by atoms with Gasteiger partial charge in [-0.05, 0) is 69.0 Å². The van der Waals surface area contributed by atoms with Crippen LogP contribution in [0.5, 0.6) is 5.75 Å². The number of aromatic nitrogens is 3. The Balaban J connectivity index is 1.30. The summed E-state index contributed by atoms with van der Waals surface area (Å²) in [5.74, 6) is 1.15. The number of unbranched alkanes of at least 4 members (excludes halogenated alkanes) is 1. The standard InChI is InChI=1S/C35H48FN7O3/c1-3-22-46-30-24-26(13-14-28(30)36)25-42(35(44)38-16-21-41-17-7-4-8-18-41)19-9-10-20-43-31(15-23-45-2)40-32-33(43)27-11-5-6-12-29(27)39-34(32)37/h5-6,11-14,24H,3-4,7-10,15-23,25H2,1-2H3,(H2,37,39)(H,38,44). The Morgan fingerprint density at radius 3 is 2.70 bits per heavy atom. The average Bonchev–Trinajstić information content (AvgIpc) is 3.44. The summed E-state index contributed by atoms with van der Waals surface area (Å²) in [4.78, 5) is 27.2. The number of anilines is 1. The quantitative estimate of drug-likeness (QED) is 0.151. The van der Waals surface area contributed by atoms with Gasteiger partial charge in [0.15, 0.2) is 17.4 Å². The average molecular weight is 634 g/mol. The van der Waals surface area contributed by atoms with Gasteiger partial charge < -0.3 is 34.9 Å². The Morgan fingerprint density at radius 1 is 1.07 bits per heavy atom. The normalized spacial score (nSPS) is 13.8. The number of imidazole rings is 1. The molecule has 1 aliphatic heterocycles. The third kappa shape index (κ3) is 8.44. The topological polar surface area (TPSA) is 111 Å². The van der Waals surface area contributed by atoms with Crippen LogP contribution in [0.25, 0.3) is 21.9 Å². The predicted molar refractivity (Wildman–Crippen MR) is 181 cm³/mol. The lowest BCUT2D eigenvalue weighted by Gasteiger charge is -2.28. The number of hydrogen-bond acceptors (Lipinski definition) is 7. The Kier molecular flexibility index (Phi) is 12.0. The molecule has 5 rings (SSSR count). The molecule has 248 valence electrons. The fraction of sp³-hybridized carbons (Fsp3) is 0.514. The summed E-state index contributed by atoms with van der Waals surface area (Å²) in [6.45, 7) is 8.18. The van der Waals surface area contributed by atoms with Gasteiger partial charge in [-0.3, -0.25) is 0 Å². The van der Waals surface area contributed by atoms with Crippen LogP contribution < -0.4 is 15.8 Å². The maximum absolute atomic E-state index is 14.4. The number of ether oxygens (including phenoxy) is 2. The number of nitrogens with one attached hydrogen (secondary N) is 1. The van der Waals surface area contributed by atoms with Gasteiger partial charge in [0.1, 0.15) is 11.3 Å². The van der Waals surface area contributed by atoms with E-state index in [-0.39, 0.29) is 11.8 Å². The molecule has 46 heavy (non-hydrogen) atoms. The third-order valence-corrected chi connectivity index (χ3v) is 8.55. The lowest BCUT2D eigenvalue weighted by Crippen LogP contribution is -2.44.